The van der Waals surface area contributed by atoms with Crippen LogP contribution in [0.4, 0.5) is 11.4 Å². The summed E-state index contributed by atoms with van der Waals surface area (Å²) in [5.41, 5.74) is 23.9. The van der Waals surface area contributed by atoms with E-state index in [-0.39, 0.29) is 0 Å². The van der Waals surface area contributed by atoms with Crippen molar-refractivity contribution < 1.29 is 0 Å². The molecular weight excluding hydrogens is 308 g/mol. The van der Waals surface area contributed by atoms with Gasteiger partial charge in [0, 0.05) is 11.6 Å². The molecule has 2 aliphatic rings. The number of allylic oxidation sites excluding steroid dienone is 2. The van der Waals surface area contributed by atoms with Crippen LogP contribution < -0.4 is 22.5 Å². The average molecular weight is 343 g/mol. The summed E-state index contributed by atoms with van der Waals surface area (Å²) in [6.45, 7) is 0.915. The molecule has 2 aliphatic carbocycles. The second-order valence-corrected chi connectivity index (χ2v) is 7.89. The van der Waals surface area contributed by atoms with Crippen LogP contribution >= 0.6 is 0 Å². The van der Waals surface area contributed by atoms with E-state index in [0.29, 0.717) is 6.04 Å². The van der Waals surface area contributed by atoms with Crippen molar-refractivity contribution in [2.75, 3.05) is 25.1 Å². The Morgan fingerprint density at radius 2 is 1.76 bits per heavy atom. The first-order valence-corrected chi connectivity index (χ1v) is 9.86. The lowest BCUT2D eigenvalue weighted by molar-refractivity contribution is 0.221. The summed E-state index contributed by atoms with van der Waals surface area (Å²) < 4.78 is 0. The van der Waals surface area contributed by atoms with E-state index in [1.54, 1.807) is 0 Å². The van der Waals surface area contributed by atoms with Crippen molar-refractivity contribution in [3.63, 3.8) is 0 Å². The number of nitrogens with two attached hydrogens (primary N) is 3. The maximum atomic E-state index is 6.38. The lowest BCUT2D eigenvalue weighted by atomic mass is 9.72. The third-order valence-corrected chi connectivity index (χ3v) is 6.30. The first-order chi connectivity index (χ1) is 12.1. The second kappa shape index (κ2) is 8.24. The Labute approximate surface area is 152 Å². The zero-order chi connectivity index (χ0) is 17.8. The van der Waals surface area contributed by atoms with Crippen LogP contribution in [0, 0.1) is 11.8 Å². The summed E-state index contributed by atoms with van der Waals surface area (Å²) in [6.07, 6.45) is 11.9. The van der Waals surface area contributed by atoms with Crippen molar-refractivity contribution >= 4 is 16.9 Å². The van der Waals surface area contributed by atoms with Gasteiger partial charge in [0.2, 0.25) is 0 Å². The SMILES string of the molecule is CNCCc1ccc(C2=CCC(C3CCC(N)CC3)CC2)c(N)c1N. The molecule has 0 aliphatic heterocycles. The number of anilines is 2. The van der Waals surface area contributed by atoms with E-state index in [1.165, 1.54) is 44.1 Å². The maximum Gasteiger partial charge on any atom is 0.0626 e. The van der Waals surface area contributed by atoms with Crippen molar-refractivity contribution in [3.8, 4) is 0 Å². The van der Waals surface area contributed by atoms with Crippen LogP contribution in [0.3, 0.4) is 0 Å². The fraction of sp³-hybridized carbons (Fsp3) is 0.619. The molecule has 0 bridgehead atoms. The highest BCUT2D eigenvalue weighted by molar-refractivity contribution is 5.84. The monoisotopic (exact) mass is 342 g/mol. The van der Waals surface area contributed by atoms with E-state index < -0.39 is 0 Å². The highest BCUT2D eigenvalue weighted by Gasteiger charge is 2.28. The van der Waals surface area contributed by atoms with Gasteiger partial charge in [0.15, 0.2) is 0 Å². The zero-order valence-electron chi connectivity index (χ0n) is 15.6. The molecule has 1 aromatic carbocycles. The molecule has 1 fully saturated rings. The molecule has 3 rings (SSSR count). The largest absolute Gasteiger partial charge is 0.397 e. The van der Waals surface area contributed by atoms with Crippen LogP contribution in [-0.2, 0) is 6.42 Å². The standard InChI is InChI=1S/C21H34N4/c1-25-13-12-17-8-11-19(21(24)20(17)23)16-4-2-14(3-5-16)15-6-9-18(22)10-7-15/h4,8,11,14-15,18,25H,2-3,5-7,9-10,12-13,22-24H2,1H3. The summed E-state index contributed by atoms with van der Waals surface area (Å²) in [6, 6.07) is 4.76. The van der Waals surface area contributed by atoms with E-state index >= 15 is 0 Å². The minimum atomic E-state index is 0.440. The fourth-order valence-corrected chi connectivity index (χ4v) is 4.58. The minimum absolute atomic E-state index is 0.440. The van der Waals surface area contributed by atoms with Gasteiger partial charge in [-0.3, -0.25) is 0 Å². The minimum Gasteiger partial charge on any atom is -0.397 e. The predicted molar refractivity (Wildman–Crippen MR) is 108 cm³/mol. The van der Waals surface area contributed by atoms with Gasteiger partial charge in [-0.1, -0.05) is 18.2 Å². The highest BCUT2D eigenvalue weighted by Crippen LogP contribution is 2.41. The van der Waals surface area contributed by atoms with E-state index in [1.807, 2.05) is 7.05 Å². The molecule has 0 amide bonds. The van der Waals surface area contributed by atoms with Crippen molar-refractivity contribution in [3.05, 3.63) is 29.3 Å². The molecule has 25 heavy (non-hydrogen) atoms. The van der Waals surface area contributed by atoms with E-state index in [4.69, 9.17) is 17.2 Å². The molecule has 0 aromatic heterocycles. The highest BCUT2D eigenvalue weighted by atomic mass is 14.8. The van der Waals surface area contributed by atoms with Gasteiger partial charge >= 0.3 is 0 Å². The Morgan fingerprint density at radius 3 is 2.40 bits per heavy atom. The Balaban J connectivity index is 1.68. The molecule has 1 unspecified atom stereocenters. The molecule has 4 heteroatoms. The summed E-state index contributed by atoms with van der Waals surface area (Å²) in [7, 11) is 1.96. The number of benzene rings is 1. The van der Waals surface area contributed by atoms with Crippen LogP contribution in [0.15, 0.2) is 18.2 Å². The number of rotatable bonds is 5. The summed E-state index contributed by atoms with van der Waals surface area (Å²) in [5.74, 6) is 1.69. The molecule has 1 atom stereocenters. The van der Waals surface area contributed by atoms with E-state index in [0.717, 1.165) is 53.7 Å². The summed E-state index contributed by atoms with van der Waals surface area (Å²) in [5, 5.41) is 3.16. The fourth-order valence-electron chi connectivity index (χ4n) is 4.58. The van der Waals surface area contributed by atoms with Gasteiger partial charge in [-0.2, -0.15) is 0 Å². The van der Waals surface area contributed by atoms with Crippen LogP contribution in [0.25, 0.3) is 5.57 Å². The van der Waals surface area contributed by atoms with E-state index in [2.05, 4.69) is 23.5 Å². The molecule has 0 radical (unpaired) electrons. The normalized spacial score (nSPS) is 27.1. The maximum absolute atomic E-state index is 6.38. The number of nitrogens with one attached hydrogen (secondary N) is 1. The Kier molecular flexibility index (Phi) is 6.02. The number of nitrogen functional groups attached to an aromatic ring is 2. The molecule has 4 nitrogen and oxygen atoms in total. The molecule has 138 valence electrons. The van der Waals surface area contributed by atoms with Gasteiger partial charge < -0.3 is 22.5 Å². The first kappa shape index (κ1) is 18.3. The number of likely N-dealkylation sites (N-methyl/N-ethyl adjacent to an activating group) is 1. The third-order valence-electron chi connectivity index (χ3n) is 6.30. The predicted octanol–water partition coefficient (Wildman–Crippen LogP) is 3.31. The summed E-state index contributed by atoms with van der Waals surface area (Å²) >= 11 is 0. The van der Waals surface area contributed by atoms with Crippen LogP contribution in [0.1, 0.15) is 56.1 Å². The van der Waals surface area contributed by atoms with Crippen molar-refractivity contribution in [1.29, 1.82) is 0 Å². The smallest absolute Gasteiger partial charge is 0.0626 e. The van der Waals surface area contributed by atoms with Crippen LogP contribution in [0.2, 0.25) is 0 Å². The molecule has 1 saturated carbocycles. The third kappa shape index (κ3) is 4.18. The van der Waals surface area contributed by atoms with E-state index in [9.17, 15) is 0 Å². The molecule has 0 spiro atoms. The van der Waals surface area contributed by atoms with Crippen molar-refractivity contribution in [1.82, 2.24) is 5.32 Å². The topological polar surface area (TPSA) is 90.1 Å². The van der Waals surface area contributed by atoms with Crippen molar-refractivity contribution in [2.45, 2.75) is 57.4 Å². The van der Waals surface area contributed by atoms with Gasteiger partial charge in [-0.25, -0.2) is 0 Å². The Morgan fingerprint density at radius 1 is 1.00 bits per heavy atom. The van der Waals surface area contributed by atoms with Crippen LogP contribution in [0.5, 0.6) is 0 Å². The van der Waals surface area contributed by atoms with Gasteiger partial charge in [0.25, 0.3) is 0 Å². The van der Waals surface area contributed by atoms with Gasteiger partial charge in [0.1, 0.15) is 0 Å². The first-order valence-electron chi connectivity index (χ1n) is 9.86. The molecule has 7 N–H and O–H groups in total. The van der Waals surface area contributed by atoms with Gasteiger partial charge in [0.05, 0.1) is 11.4 Å². The average Bonchev–Trinajstić information content (AvgIpc) is 2.64. The van der Waals surface area contributed by atoms with Gasteiger partial charge in [-0.05, 0) is 87.9 Å². The lowest BCUT2D eigenvalue weighted by Crippen LogP contribution is -2.30. The lowest BCUT2D eigenvalue weighted by Gasteiger charge is -2.34. The van der Waals surface area contributed by atoms with Crippen molar-refractivity contribution in [2.24, 2.45) is 17.6 Å². The second-order valence-electron chi connectivity index (χ2n) is 7.89. The number of hydrogen-bond donors (Lipinski definition) is 4. The Hall–Kier alpha value is -1.52. The number of hydrogen-bond acceptors (Lipinski definition) is 4. The molecular formula is C21H34N4. The Bertz CT molecular complexity index is 615. The van der Waals surface area contributed by atoms with Crippen LogP contribution in [-0.4, -0.2) is 19.6 Å². The molecule has 0 saturated heterocycles. The zero-order valence-corrected chi connectivity index (χ0v) is 15.6. The molecule has 0 heterocycles. The molecule has 1 aromatic rings. The summed E-state index contributed by atoms with van der Waals surface area (Å²) in [4.78, 5) is 0. The van der Waals surface area contributed by atoms with Gasteiger partial charge in [-0.15, -0.1) is 0 Å². The quantitative estimate of drug-likeness (QED) is 0.618.